The lowest BCUT2D eigenvalue weighted by Crippen LogP contribution is -2.31. The maximum absolute atomic E-state index is 8.63. The minimum absolute atomic E-state index is 0.326. The van der Waals surface area contributed by atoms with Gasteiger partial charge in [-0.15, -0.1) is 0 Å². The van der Waals surface area contributed by atoms with Crippen molar-refractivity contribution in [1.29, 1.82) is 0 Å². The van der Waals surface area contributed by atoms with Gasteiger partial charge in [-0.2, -0.15) is 0 Å². The Balaban J connectivity index is 2.17. The molecule has 1 rings (SSSR count). The van der Waals surface area contributed by atoms with E-state index in [-0.39, 0.29) is 0 Å². The van der Waals surface area contributed by atoms with Crippen molar-refractivity contribution in [2.24, 2.45) is 0 Å². The van der Waals surface area contributed by atoms with E-state index in [1.807, 2.05) is 0 Å². The van der Waals surface area contributed by atoms with Crippen LogP contribution in [0.5, 0.6) is 0 Å². The highest BCUT2D eigenvalue weighted by Gasteiger charge is 2.40. The highest BCUT2D eigenvalue weighted by molar-refractivity contribution is 5.00. The van der Waals surface area contributed by atoms with Crippen molar-refractivity contribution in [2.75, 3.05) is 13.2 Å². The Bertz CT molecular complexity index is 80.9. The quantitative estimate of drug-likeness (QED) is 0.579. The third kappa shape index (κ3) is 1.66. The predicted molar refractivity (Wildman–Crippen MR) is 37.3 cm³/mol. The Kier molecular flexibility index (Phi) is 2.09. The first-order chi connectivity index (χ1) is 4.33. The fourth-order valence-electron chi connectivity index (χ4n) is 1.26. The molecule has 0 unspecified atom stereocenters. The normalized spacial score (nSPS) is 22.0. The van der Waals surface area contributed by atoms with Gasteiger partial charge in [0.25, 0.3) is 0 Å². The summed E-state index contributed by atoms with van der Waals surface area (Å²) in [5.74, 6) is 0. The van der Waals surface area contributed by atoms with Crippen LogP contribution in [-0.4, -0.2) is 23.8 Å². The highest BCUT2D eigenvalue weighted by atomic mass is 16.3. The van der Waals surface area contributed by atoms with Gasteiger partial charge in [0, 0.05) is 12.1 Å². The summed E-state index contributed by atoms with van der Waals surface area (Å²) in [4.78, 5) is 0. The molecule has 1 aliphatic rings. The molecule has 0 spiro atoms. The van der Waals surface area contributed by atoms with E-state index < -0.39 is 0 Å². The summed E-state index contributed by atoms with van der Waals surface area (Å²) in [6.45, 7) is 3.46. The minimum Gasteiger partial charge on any atom is -0.396 e. The summed E-state index contributed by atoms with van der Waals surface area (Å²) in [7, 11) is 0. The number of nitrogens with one attached hydrogen (secondary N) is 1. The molecule has 0 saturated heterocycles. The molecule has 54 valence electrons. The Labute approximate surface area is 56.3 Å². The highest BCUT2D eigenvalue weighted by Crippen LogP contribution is 2.37. The molecule has 0 aromatic heterocycles. The molecule has 0 atom stereocenters. The second-order valence-corrected chi connectivity index (χ2v) is 2.78. The fraction of sp³-hybridized carbons (Fsp3) is 1.00. The lowest BCUT2D eigenvalue weighted by molar-refractivity contribution is 0.259. The van der Waals surface area contributed by atoms with E-state index in [1.54, 1.807) is 0 Å². The van der Waals surface area contributed by atoms with Crippen molar-refractivity contribution >= 4 is 0 Å². The van der Waals surface area contributed by atoms with Gasteiger partial charge < -0.3 is 10.4 Å². The topological polar surface area (TPSA) is 32.3 Å². The average Bonchev–Trinajstić information content (AvgIpc) is 2.51. The van der Waals surface area contributed by atoms with E-state index in [2.05, 4.69) is 12.2 Å². The van der Waals surface area contributed by atoms with Crippen molar-refractivity contribution in [3.8, 4) is 0 Å². The monoisotopic (exact) mass is 129 g/mol. The second-order valence-electron chi connectivity index (χ2n) is 2.78. The van der Waals surface area contributed by atoms with Gasteiger partial charge in [0.05, 0.1) is 0 Å². The molecule has 0 heterocycles. The molecule has 9 heavy (non-hydrogen) atoms. The zero-order chi connectivity index (χ0) is 6.74. The summed E-state index contributed by atoms with van der Waals surface area (Å²) in [6.07, 6.45) is 3.43. The Morgan fingerprint density at radius 3 is 2.56 bits per heavy atom. The van der Waals surface area contributed by atoms with Gasteiger partial charge in [0.15, 0.2) is 0 Å². The molecule has 0 aliphatic heterocycles. The molecule has 0 aromatic carbocycles. The van der Waals surface area contributed by atoms with Gasteiger partial charge in [-0.3, -0.25) is 0 Å². The van der Waals surface area contributed by atoms with Crippen LogP contribution in [0.4, 0.5) is 0 Å². The van der Waals surface area contributed by atoms with Crippen molar-refractivity contribution in [3.05, 3.63) is 0 Å². The summed E-state index contributed by atoms with van der Waals surface area (Å²) >= 11 is 0. The van der Waals surface area contributed by atoms with Gasteiger partial charge in [-0.1, -0.05) is 6.92 Å². The van der Waals surface area contributed by atoms with Crippen LogP contribution in [0.25, 0.3) is 0 Å². The average molecular weight is 129 g/mol. The van der Waals surface area contributed by atoms with Crippen LogP contribution in [0.3, 0.4) is 0 Å². The molecule has 0 bridgehead atoms. The van der Waals surface area contributed by atoms with Crippen LogP contribution in [-0.2, 0) is 0 Å². The zero-order valence-electron chi connectivity index (χ0n) is 5.98. The number of aliphatic hydroxyl groups is 1. The van der Waals surface area contributed by atoms with Crippen molar-refractivity contribution < 1.29 is 5.11 Å². The molecule has 2 heteroatoms. The first kappa shape index (κ1) is 7.03. The lowest BCUT2D eigenvalue weighted by atomic mass is 10.2. The van der Waals surface area contributed by atoms with E-state index in [1.165, 1.54) is 12.8 Å². The Morgan fingerprint density at radius 1 is 1.56 bits per heavy atom. The second kappa shape index (κ2) is 2.67. The van der Waals surface area contributed by atoms with Gasteiger partial charge in [-0.05, 0) is 25.8 Å². The molecule has 1 aliphatic carbocycles. The molecule has 2 nitrogen and oxygen atoms in total. The number of aliphatic hydroxyl groups excluding tert-OH is 1. The van der Waals surface area contributed by atoms with Crippen LogP contribution < -0.4 is 5.32 Å². The molecular formula is C7H15NO. The van der Waals surface area contributed by atoms with E-state index >= 15 is 0 Å². The minimum atomic E-state index is 0.326. The predicted octanol–water partition coefficient (Wildman–Crippen LogP) is 0.511. The van der Waals surface area contributed by atoms with Gasteiger partial charge in [0.1, 0.15) is 0 Å². The third-order valence-corrected chi connectivity index (χ3v) is 2.00. The summed E-state index contributed by atoms with van der Waals surface area (Å²) in [5, 5.41) is 12.0. The molecular weight excluding hydrogens is 114 g/mol. The van der Waals surface area contributed by atoms with Crippen LogP contribution in [0.2, 0.25) is 0 Å². The Morgan fingerprint density at radius 2 is 2.22 bits per heavy atom. The van der Waals surface area contributed by atoms with Gasteiger partial charge in [0.2, 0.25) is 0 Å². The molecule has 0 amide bonds. The van der Waals surface area contributed by atoms with Crippen molar-refractivity contribution in [1.82, 2.24) is 5.32 Å². The summed E-state index contributed by atoms with van der Waals surface area (Å²) < 4.78 is 0. The SMILES string of the molecule is CCNC1(CCO)CC1. The first-order valence-electron chi connectivity index (χ1n) is 3.69. The van der Waals surface area contributed by atoms with Crippen LogP contribution >= 0.6 is 0 Å². The van der Waals surface area contributed by atoms with Gasteiger partial charge >= 0.3 is 0 Å². The molecule has 0 radical (unpaired) electrons. The van der Waals surface area contributed by atoms with E-state index in [0.717, 1.165) is 13.0 Å². The molecule has 2 N–H and O–H groups in total. The number of hydrogen-bond acceptors (Lipinski definition) is 2. The first-order valence-corrected chi connectivity index (χ1v) is 3.69. The van der Waals surface area contributed by atoms with Gasteiger partial charge in [-0.25, -0.2) is 0 Å². The summed E-state index contributed by atoms with van der Waals surface area (Å²) in [6, 6.07) is 0. The van der Waals surface area contributed by atoms with E-state index in [9.17, 15) is 0 Å². The van der Waals surface area contributed by atoms with Crippen LogP contribution in [0.1, 0.15) is 26.2 Å². The standard InChI is InChI=1S/C7H15NO/c1-2-8-7(3-4-7)5-6-9/h8-9H,2-6H2,1H3. The molecule has 1 fully saturated rings. The van der Waals surface area contributed by atoms with Crippen LogP contribution in [0.15, 0.2) is 0 Å². The van der Waals surface area contributed by atoms with E-state index in [4.69, 9.17) is 5.11 Å². The van der Waals surface area contributed by atoms with Crippen molar-refractivity contribution in [3.63, 3.8) is 0 Å². The van der Waals surface area contributed by atoms with Crippen LogP contribution in [0, 0.1) is 0 Å². The third-order valence-electron chi connectivity index (χ3n) is 2.00. The number of rotatable bonds is 4. The maximum atomic E-state index is 8.63. The van der Waals surface area contributed by atoms with E-state index in [0.29, 0.717) is 12.1 Å². The Hall–Kier alpha value is -0.0800. The number of hydrogen-bond donors (Lipinski definition) is 2. The fourth-order valence-corrected chi connectivity index (χ4v) is 1.26. The molecule has 0 aromatic rings. The molecule has 1 saturated carbocycles. The van der Waals surface area contributed by atoms with Crippen molar-refractivity contribution in [2.45, 2.75) is 31.7 Å². The smallest absolute Gasteiger partial charge is 0.0448 e. The maximum Gasteiger partial charge on any atom is 0.0448 e. The largest absolute Gasteiger partial charge is 0.396 e. The lowest BCUT2D eigenvalue weighted by Gasteiger charge is -2.13. The zero-order valence-corrected chi connectivity index (χ0v) is 5.98. The summed E-state index contributed by atoms with van der Waals surface area (Å²) in [5.41, 5.74) is 0.351.